The van der Waals surface area contributed by atoms with Crippen molar-refractivity contribution in [3.63, 3.8) is 0 Å². The van der Waals surface area contributed by atoms with Crippen LogP contribution in [0.5, 0.6) is 0 Å². The molecule has 1 atom stereocenters. The maximum atomic E-state index is 3.56. The summed E-state index contributed by atoms with van der Waals surface area (Å²) >= 11 is 0. The molecule has 1 nitrogen and oxygen atoms in total. The molecule has 0 heterocycles. The van der Waals surface area contributed by atoms with Crippen LogP contribution >= 0.6 is 0 Å². The van der Waals surface area contributed by atoms with E-state index >= 15 is 0 Å². The van der Waals surface area contributed by atoms with Crippen LogP contribution < -0.4 is 5.32 Å². The average Bonchev–Trinajstić information content (AvgIpc) is 2.44. The third kappa shape index (κ3) is 12.0. The maximum Gasteiger partial charge on any atom is 0.0110 e. The van der Waals surface area contributed by atoms with Gasteiger partial charge in [0, 0.05) is 6.04 Å². The summed E-state index contributed by atoms with van der Waals surface area (Å²) in [6.07, 6.45) is 2.40. The van der Waals surface area contributed by atoms with Crippen LogP contribution in [0.4, 0.5) is 0 Å². The van der Waals surface area contributed by atoms with Crippen molar-refractivity contribution in [2.24, 2.45) is 5.92 Å². The first-order chi connectivity index (χ1) is 9.22. The summed E-state index contributed by atoms with van der Waals surface area (Å²) in [5.74, 6) is 0.762. The second-order valence-corrected chi connectivity index (χ2v) is 4.57. The quantitative estimate of drug-likeness (QED) is 0.735. The van der Waals surface area contributed by atoms with Gasteiger partial charge in [-0.2, -0.15) is 0 Å². The van der Waals surface area contributed by atoms with Gasteiger partial charge < -0.3 is 5.32 Å². The second kappa shape index (κ2) is 15.2. The molecule has 0 bridgehead atoms. The van der Waals surface area contributed by atoms with Gasteiger partial charge in [-0.15, -0.1) is 0 Å². The Morgan fingerprint density at radius 1 is 0.947 bits per heavy atom. The zero-order valence-electron chi connectivity index (χ0n) is 14.2. The Balaban J connectivity index is 0. The molecule has 1 rings (SSSR count). The molecule has 0 fully saturated rings. The van der Waals surface area contributed by atoms with Gasteiger partial charge in [0.05, 0.1) is 0 Å². The van der Waals surface area contributed by atoms with Gasteiger partial charge in [0.25, 0.3) is 0 Å². The molecule has 0 aliphatic rings. The molecule has 1 aromatic rings. The van der Waals surface area contributed by atoms with Gasteiger partial charge >= 0.3 is 0 Å². The first kappa shape index (κ1) is 20.5. The molecular weight excluding hydrogens is 230 g/mol. The van der Waals surface area contributed by atoms with Crippen LogP contribution in [-0.2, 0) is 6.42 Å². The van der Waals surface area contributed by atoms with Gasteiger partial charge in [-0.05, 0) is 30.9 Å². The minimum absolute atomic E-state index is 0.623. The van der Waals surface area contributed by atoms with Crippen LogP contribution in [-0.4, -0.2) is 12.6 Å². The lowest BCUT2D eigenvalue weighted by Crippen LogP contribution is -2.32. The molecule has 1 N–H and O–H groups in total. The van der Waals surface area contributed by atoms with E-state index in [0.29, 0.717) is 6.04 Å². The predicted molar refractivity (Wildman–Crippen MR) is 89.8 cm³/mol. The summed E-state index contributed by atoms with van der Waals surface area (Å²) in [4.78, 5) is 0. The second-order valence-electron chi connectivity index (χ2n) is 4.57. The molecule has 0 radical (unpaired) electrons. The normalized spacial score (nSPS) is 10.9. The van der Waals surface area contributed by atoms with E-state index in [1.165, 1.54) is 12.0 Å². The fourth-order valence-corrected chi connectivity index (χ4v) is 2.00. The molecule has 1 heteroatoms. The largest absolute Gasteiger partial charge is 0.314 e. The van der Waals surface area contributed by atoms with Crippen LogP contribution in [0.1, 0.15) is 60.5 Å². The van der Waals surface area contributed by atoms with E-state index in [1.807, 2.05) is 27.7 Å². The lowest BCUT2D eigenvalue weighted by Gasteiger charge is -2.19. The molecule has 0 aromatic heterocycles. The Hall–Kier alpha value is -0.820. The number of likely N-dealkylation sites (N-methyl/N-ethyl adjacent to an activating group) is 1. The first-order valence-corrected chi connectivity index (χ1v) is 7.99. The SMILES string of the molecule is CC.CC.CCN[C@@H](Cc1ccccc1)CC(C)C. The molecule has 0 aliphatic carbocycles. The van der Waals surface area contributed by atoms with Crippen molar-refractivity contribution in [2.45, 2.75) is 67.3 Å². The molecule has 19 heavy (non-hydrogen) atoms. The van der Waals surface area contributed by atoms with Crippen molar-refractivity contribution >= 4 is 0 Å². The summed E-state index contributed by atoms with van der Waals surface area (Å²) in [5, 5.41) is 3.56. The fourth-order valence-electron chi connectivity index (χ4n) is 2.00. The van der Waals surface area contributed by atoms with Gasteiger partial charge in [-0.3, -0.25) is 0 Å². The number of nitrogens with one attached hydrogen (secondary N) is 1. The highest BCUT2D eigenvalue weighted by atomic mass is 14.9. The Kier molecular flexibility index (Phi) is 16.4. The summed E-state index contributed by atoms with van der Waals surface area (Å²) in [5.41, 5.74) is 1.43. The highest BCUT2D eigenvalue weighted by Gasteiger charge is 2.09. The van der Waals surface area contributed by atoms with Crippen LogP contribution in [0.25, 0.3) is 0 Å². The minimum atomic E-state index is 0.623. The van der Waals surface area contributed by atoms with Crippen LogP contribution in [0.3, 0.4) is 0 Å². The standard InChI is InChI=1S/C14H23N.2C2H6/c1-4-15-14(10-12(2)3)11-13-8-6-5-7-9-13;2*1-2/h5-9,12,14-15H,4,10-11H2,1-3H3;2*1-2H3/t14-;;/m1../s1. The topological polar surface area (TPSA) is 12.0 Å². The van der Waals surface area contributed by atoms with Crippen molar-refractivity contribution < 1.29 is 0 Å². The van der Waals surface area contributed by atoms with E-state index in [2.05, 4.69) is 56.4 Å². The van der Waals surface area contributed by atoms with E-state index < -0.39 is 0 Å². The molecule has 0 aliphatic heterocycles. The van der Waals surface area contributed by atoms with Crippen LogP contribution in [0.15, 0.2) is 30.3 Å². The summed E-state index contributed by atoms with van der Waals surface area (Å²) in [7, 11) is 0. The number of rotatable bonds is 6. The Labute approximate surface area is 121 Å². The molecule has 0 unspecified atom stereocenters. The average molecular weight is 265 g/mol. The van der Waals surface area contributed by atoms with Gasteiger partial charge in [0.15, 0.2) is 0 Å². The third-order valence-electron chi connectivity index (χ3n) is 2.57. The minimum Gasteiger partial charge on any atom is -0.314 e. The smallest absolute Gasteiger partial charge is 0.0110 e. The predicted octanol–water partition coefficient (Wildman–Crippen LogP) is 5.31. The van der Waals surface area contributed by atoms with Crippen molar-refractivity contribution in [3.05, 3.63) is 35.9 Å². The lowest BCUT2D eigenvalue weighted by atomic mass is 9.97. The first-order valence-electron chi connectivity index (χ1n) is 7.99. The highest BCUT2D eigenvalue weighted by Crippen LogP contribution is 2.10. The zero-order valence-corrected chi connectivity index (χ0v) is 14.2. The van der Waals surface area contributed by atoms with E-state index in [4.69, 9.17) is 0 Å². The Morgan fingerprint density at radius 3 is 1.89 bits per heavy atom. The molecule has 0 saturated carbocycles. The summed E-state index contributed by atoms with van der Waals surface area (Å²) < 4.78 is 0. The number of hydrogen-bond donors (Lipinski definition) is 1. The van der Waals surface area contributed by atoms with Gasteiger partial charge in [0.1, 0.15) is 0 Å². The van der Waals surface area contributed by atoms with Crippen molar-refractivity contribution in [1.29, 1.82) is 0 Å². The van der Waals surface area contributed by atoms with Crippen LogP contribution in [0, 0.1) is 5.92 Å². The number of benzene rings is 1. The van der Waals surface area contributed by atoms with E-state index in [9.17, 15) is 0 Å². The van der Waals surface area contributed by atoms with Crippen molar-refractivity contribution in [1.82, 2.24) is 5.32 Å². The van der Waals surface area contributed by atoms with Crippen molar-refractivity contribution in [3.8, 4) is 0 Å². The van der Waals surface area contributed by atoms with Crippen molar-refractivity contribution in [2.75, 3.05) is 6.54 Å². The molecule has 0 saturated heterocycles. The summed E-state index contributed by atoms with van der Waals surface area (Å²) in [6, 6.07) is 11.4. The Bertz CT molecular complexity index is 254. The fraction of sp³-hybridized carbons (Fsp3) is 0.667. The van der Waals surface area contributed by atoms with E-state index in [1.54, 1.807) is 0 Å². The third-order valence-corrected chi connectivity index (χ3v) is 2.57. The molecular formula is C18H35N. The molecule has 0 amide bonds. The van der Waals surface area contributed by atoms with Gasteiger partial charge in [-0.25, -0.2) is 0 Å². The van der Waals surface area contributed by atoms with Crippen LogP contribution in [0.2, 0.25) is 0 Å². The molecule has 1 aromatic carbocycles. The van der Waals surface area contributed by atoms with Gasteiger partial charge in [0.2, 0.25) is 0 Å². The summed E-state index contributed by atoms with van der Waals surface area (Å²) in [6.45, 7) is 15.8. The lowest BCUT2D eigenvalue weighted by molar-refractivity contribution is 0.424. The number of hydrogen-bond acceptors (Lipinski definition) is 1. The molecule has 0 spiro atoms. The molecule has 112 valence electrons. The Morgan fingerprint density at radius 2 is 1.47 bits per heavy atom. The van der Waals surface area contributed by atoms with E-state index in [-0.39, 0.29) is 0 Å². The van der Waals surface area contributed by atoms with Gasteiger partial charge in [-0.1, -0.05) is 78.8 Å². The van der Waals surface area contributed by atoms with E-state index in [0.717, 1.165) is 18.9 Å². The monoisotopic (exact) mass is 265 g/mol. The zero-order chi connectivity index (χ0) is 15.1. The maximum absolute atomic E-state index is 3.56. The highest BCUT2D eigenvalue weighted by molar-refractivity contribution is 5.15.